The van der Waals surface area contributed by atoms with Crippen molar-refractivity contribution < 1.29 is 9.21 Å². The Morgan fingerprint density at radius 2 is 2.00 bits per heavy atom. The van der Waals surface area contributed by atoms with E-state index < -0.39 is 0 Å². The van der Waals surface area contributed by atoms with Crippen LogP contribution in [0.2, 0.25) is 0 Å². The van der Waals surface area contributed by atoms with Gasteiger partial charge in [-0.2, -0.15) is 4.52 Å². The lowest BCUT2D eigenvalue weighted by Crippen LogP contribution is -2.33. The van der Waals surface area contributed by atoms with Gasteiger partial charge in [-0.3, -0.25) is 4.79 Å². The Hall–Kier alpha value is -3.22. The number of aryl methyl sites for hydroxylation is 1. The number of hydrogen-bond acceptors (Lipinski definition) is 5. The SMILES string of the molecule is Cc1cccc2cc(CN(Cc3ccco3)C(=O)CC(C)(C)C)c3nnnn3c12. The Labute approximate surface area is 169 Å². The normalized spacial score (nSPS) is 12.0. The molecule has 0 bridgehead atoms. The first-order valence-electron chi connectivity index (χ1n) is 9.71. The Morgan fingerprint density at radius 3 is 2.72 bits per heavy atom. The molecule has 0 saturated carbocycles. The van der Waals surface area contributed by atoms with E-state index in [0.717, 1.165) is 27.8 Å². The van der Waals surface area contributed by atoms with Crippen molar-refractivity contribution in [3.63, 3.8) is 0 Å². The lowest BCUT2D eigenvalue weighted by molar-refractivity contribution is -0.134. The number of fused-ring (bicyclic) bond motifs is 3. The maximum Gasteiger partial charge on any atom is 0.223 e. The number of rotatable bonds is 5. The van der Waals surface area contributed by atoms with Crippen LogP contribution in [0.1, 0.15) is 44.1 Å². The summed E-state index contributed by atoms with van der Waals surface area (Å²) in [5, 5.41) is 13.3. The number of benzene rings is 1. The van der Waals surface area contributed by atoms with E-state index in [-0.39, 0.29) is 11.3 Å². The highest BCUT2D eigenvalue weighted by Crippen LogP contribution is 2.26. The van der Waals surface area contributed by atoms with Crippen molar-refractivity contribution in [1.29, 1.82) is 0 Å². The molecule has 150 valence electrons. The number of hydrogen-bond donors (Lipinski definition) is 0. The van der Waals surface area contributed by atoms with Crippen molar-refractivity contribution in [2.75, 3.05) is 0 Å². The summed E-state index contributed by atoms with van der Waals surface area (Å²) in [6, 6.07) is 11.9. The molecule has 1 aromatic carbocycles. The van der Waals surface area contributed by atoms with Gasteiger partial charge in [0.1, 0.15) is 5.76 Å². The van der Waals surface area contributed by atoms with Crippen LogP contribution in [0.25, 0.3) is 16.6 Å². The van der Waals surface area contributed by atoms with Gasteiger partial charge in [-0.1, -0.05) is 39.0 Å². The Balaban J connectivity index is 1.75. The van der Waals surface area contributed by atoms with Gasteiger partial charge in [0.05, 0.1) is 18.3 Å². The number of furan rings is 1. The van der Waals surface area contributed by atoms with Crippen LogP contribution in [0.5, 0.6) is 0 Å². The molecule has 0 saturated heterocycles. The molecular weight excluding hydrogens is 366 g/mol. The fraction of sp³-hybridized carbons (Fsp3) is 0.364. The molecule has 3 aromatic heterocycles. The number of para-hydroxylation sites is 1. The number of carbonyl (C=O) groups is 1. The zero-order valence-electron chi connectivity index (χ0n) is 17.2. The minimum absolute atomic E-state index is 0.0730. The van der Waals surface area contributed by atoms with Gasteiger partial charge in [-0.05, 0) is 46.5 Å². The van der Waals surface area contributed by atoms with E-state index in [1.54, 1.807) is 10.8 Å². The monoisotopic (exact) mass is 391 g/mol. The largest absolute Gasteiger partial charge is 0.467 e. The van der Waals surface area contributed by atoms with Crippen LogP contribution >= 0.6 is 0 Å². The van der Waals surface area contributed by atoms with Crippen molar-refractivity contribution in [2.24, 2.45) is 5.41 Å². The third-order valence-corrected chi connectivity index (χ3v) is 4.89. The van der Waals surface area contributed by atoms with E-state index >= 15 is 0 Å². The third-order valence-electron chi connectivity index (χ3n) is 4.89. The van der Waals surface area contributed by atoms with Crippen LogP contribution in [0.4, 0.5) is 0 Å². The second kappa shape index (κ2) is 7.31. The fourth-order valence-electron chi connectivity index (χ4n) is 3.59. The van der Waals surface area contributed by atoms with Gasteiger partial charge in [-0.25, -0.2) is 0 Å². The third kappa shape index (κ3) is 3.99. The van der Waals surface area contributed by atoms with E-state index in [1.807, 2.05) is 42.2 Å². The summed E-state index contributed by atoms with van der Waals surface area (Å²) < 4.78 is 7.26. The van der Waals surface area contributed by atoms with Crippen molar-refractivity contribution >= 4 is 22.5 Å². The van der Waals surface area contributed by atoms with Gasteiger partial charge >= 0.3 is 0 Å². The Morgan fingerprint density at radius 1 is 1.17 bits per heavy atom. The average Bonchev–Trinajstić information content (AvgIpc) is 3.31. The van der Waals surface area contributed by atoms with Crippen molar-refractivity contribution in [3.05, 3.63) is 59.5 Å². The van der Waals surface area contributed by atoms with Crippen molar-refractivity contribution in [1.82, 2.24) is 24.9 Å². The van der Waals surface area contributed by atoms with Crippen LogP contribution in [0.3, 0.4) is 0 Å². The van der Waals surface area contributed by atoms with E-state index in [2.05, 4.69) is 42.4 Å². The first-order chi connectivity index (χ1) is 13.8. The van der Waals surface area contributed by atoms with Crippen LogP contribution in [0.15, 0.2) is 47.1 Å². The van der Waals surface area contributed by atoms with Gasteiger partial charge in [0, 0.05) is 23.9 Å². The van der Waals surface area contributed by atoms with Crippen LogP contribution in [0, 0.1) is 12.3 Å². The molecule has 1 amide bonds. The maximum absolute atomic E-state index is 13.1. The van der Waals surface area contributed by atoms with E-state index in [0.29, 0.717) is 25.2 Å². The molecule has 0 radical (unpaired) electrons. The zero-order valence-corrected chi connectivity index (χ0v) is 17.2. The predicted octanol–water partition coefficient (Wildman–Crippen LogP) is 4.14. The number of carbonyl (C=O) groups excluding carboxylic acids is 1. The maximum atomic E-state index is 13.1. The molecule has 0 unspecified atom stereocenters. The molecule has 0 aliphatic heterocycles. The van der Waals surface area contributed by atoms with E-state index in [4.69, 9.17) is 4.42 Å². The molecule has 7 nitrogen and oxygen atoms in total. The molecule has 0 aliphatic rings. The number of aromatic nitrogens is 4. The van der Waals surface area contributed by atoms with Gasteiger partial charge < -0.3 is 9.32 Å². The molecule has 0 atom stereocenters. The smallest absolute Gasteiger partial charge is 0.223 e. The molecule has 0 N–H and O–H groups in total. The quantitative estimate of drug-likeness (QED) is 0.511. The summed E-state index contributed by atoms with van der Waals surface area (Å²) in [6.45, 7) is 9.05. The van der Waals surface area contributed by atoms with E-state index in [1.165, 1.54) is 0 Å². The number of amides is 1. The topological polar surface area (TPSA) is 76.5 Å². The Bertz CT molecular complexity index is 1160. The fourth-order valence-corrected chi connectivity index (χ4v) is 3.59. The highest BCUT2D eigenvalue weighted by molar-refractivity contribution is 5.86. The van der Waals surface area contributed by atoms with Gasteiger partial charge in [0.2, 0.25) is 5.91 Å². The Kier molecular flexibility index (Phi) is 4.82. The molecule has 3 heterocycles. The standard InChI is InChI=1S/C22H25N5O2/c1-15-7-5-8-16-11-17(21-23-24-25-27(21)20(15)16)13-26(14-18-9-6-10-29-18)19(28)12-22(2,3)4/h5-11H,12-14H2,1-4H3. The lowest BCUT2D eigenvalue weighted by Gasteiger charge is -2.26. The van der Waals surface area contributed by atoms with Crippen molar-refractivity contribution in [2.45, 2.75) is 47.2 Å². The summed E-state index contributed by atoms with van der Waals surface area (Å²) in [7, 11) is 0. The highest BCUT2D eigenvalue weighted by atomic mass is 16.3. The summed E-state index contributed by atoms with van der Waals surface area (Å²) in [5.41, 5.74) is 3.55. The molecule has 0 spiro atoms. The number of tetrazole rings is 1. The zero-order chi connectivity index (χ0) is 20.6. The molecule has 4 rings (SSSR count). The predicted molar refractivity (Wildman–Crippen MR) is 110 cm³/mol. The van der Waals surface area contributed by atoms with Crippen LogP contribution in [-0.4, -0.2) is 30.8 Å². The summed E-state index contributed by atoms with van der Waals surface area (Å²) in [4.78, 5) is 14.9. The summed E-state index contributed by atoms with van der Waals surface area (Å²) >= 11 is 0. The van der Waals surface area contributed by atoms with Gasteiger partial charge in [0.25, 0.3) is 0 Å². The summed E-state index contributed by atoms with van der Waals surface area (Å²) in [5.74, 6) is 0.823. The van der Waals surface area contributed by atoms with Crippen LogP contribution < -0.4 is 0 Å². The van der Waals surface area contributed by atoms with Crippen LogP contribution in [-0.2, 0) is 17.9 Å². The van der Waals surface area contributed by atoms with Gasteiger partial charge in [0.15, 0.2) is 5.65 Å². The summed E-state index contributed by atoms with van der Waals surface area (Å²) in [6.07, 6.45) is 2.07. The first-order valence-corrected chi connectivity index (χ1v) is 9.71. The minimum Gasteiger partial charge on any atom is -0.467 e. The van der Waals surface area contributed by atoms with Crippen molar-refractivity contribution in [3.8, 4) is 0 Å². The second-order valence-electron chi connectivity index (χ2n) is 8.66. The van der Waals surface area contributed by atoms with E-state index in [9.17, 15) is 4.79 Å². The molecule has 4 aromatic rings. The molecular formula is C22H25N5O2. The first kappa shape index (κ1) is 19.1. The molecule has 0 aliphatic carbocycles. The number of nitrogens with zero attached hydrogens (tertiary/aromatic N) is 5. The highest BCUT2D eigenvalue weighted by Gasteiger charge is 2.24. The lowest BCUT2D eigenvalue weighted by atomic mass is 9.91. The molecule has 29 heavy (non-hydrogen) atoms. The average molecular weight is 391 g/mol. The minimum atomic E-state index is -0.106. The second-order valence-corrected chi connectivity index (χ2v) is 8.66. The molecule has 7 heteroatoms. The van der Waals surface area contributed by atoms with Gasteiger partial charge in [-0.15, -0.1) is 5.10 Å². The number of pyridine rings is 1. The molecule has 0 fully saturated rings.